The number of halogens is 1. The topological polar surface area (TPSA) is 77.9 Å². The van der Waals surface area contributed by atoms with Crippen LogP contribution in [0.3, 0.4) is 0 Å². The van der Waals surface area contributed by atoms with Crippen molar-refractivity contribution in [3.05, 3.63) is 70.5 Å². The zero-order chi connectivity index (χ0) is 21.0. The molecule has 29 heavy (non-hydrogen) atoms. The first kappa shape index (κ1) is 20.5. The molecule has 0 spiro atoms. The molecule has 6 nitrogen and oxygen atoms in total. The van der Waals surface area contributed by atoms with E-state index in [9.17, 15) is 23.9 Å². The maximum atomic E-state index is 13.3. The predicted octanol–water partition coefficient (Wildman–Crippen LogP) is 2.75. The lowest BCUT2D eigenvalue weighted by Gasteiger charge is -2.22. The highest BCUT2D eigenvalue weighted by molar-refractivity contribution is 5.98. The molecule has 0 atom stereocenters. The van der Waals surface area contributed by atoms with E-state index >= 15 is 0 Å². The lowest BCUT2D eigenvalue weighted by molar-refractivity contribution is -0.130. The first-order valence-electron chi connectivity index (χ1n) is 9.50. The van der Waals surface area contributed by atoms with Crippen LogP contribution in [0.5, 0.6) is 0 Å². The van der Waals surface area contributed by atoms with Crippen molar-refractivity contribution in [3.8, 4) is 0 Å². The van der Waals surface area contributed by atoms with Gasteiger partial charge in [0.2, 0.25) is 5.91 Å². The Morgan fingerprint density at radius 3 is 2.38 bits per heavy atom. The molecule has 0 bridgehead atoms. The van der Waals surface area contributed by atoms with Gasteiger partial charge < -0.3 is 14.9 Å². The molecule has 1 aliphatic heterocycles. The second-order valence-electron chi connectivity index (χ2n) is 7.23. The van der Waals surface area contributed by atoms with E-state index in [0.717, 1.165) is 0 Å². The summed E-state index contributed by atoms with van der Waals surface area (Å²) >= 11 is 0. The van der Waals surface area contributed by atoms with Gasteiger partial charge in [0.25, 0.3) is 5.91 Å². The van der Waals surface area contributed by atoms with Gasteiger partial charge in [-0.25, -0.2) is 9.18 Å². The monoisotopic (exact) mass is 398 g/mol. The van der Waals surface area contributed by atoms with Gasteiger partial charge in [-0.05, 0) is 54.8 Å². The van der Waals surface area contributed by atoms with Gasteiger partial charge >= 0.3 is 5.97 Å². The number of nitrogens with zero attached hydrogens (tertiary/aromatic N) is 2. The maximum Gasteiger partial charge on any atom is 0.335 e. The number of aromatic carboxylic acids is 1. The number of carbonyl (C=O) groups excluding carboxylic acids is 2. The Morgan fingerprint density at radius 2 is 1.66 bits per heavy atom. The highest BCUT2D eigenvalue weighted by Gasteiger charge is 2.23. The Kier molecular flexibility index (Phi) is 6.26. The number of hydrogen-bond acceptors (Lipinski definition) is 3. The highest BCUT2D eigenvalue weighted by atomic mass is 19.1. The van der Waals surface area contributed by atoms with Crippen molar-refractivity contribution in [2.24, 2.45) is 0 Å². The van der Waals surface area contributed by atoms with E-state index in [4.69, 9.17) is 0 Å². The van der Waals surface area contributed by atoms with Crippen molar-refractivity contribution in [3.63, 3.8) is 0 Å². The van der Waals surface area contributed by atoms with E-state index < -0.39 is 5.97 Å². The van der Waals surface area contributed by atoms with Crippen molar-refractivity contribution in [2.75, 3.05) is 26.2 Å². The molecule has 152 valence electrons. The standard InChI is InChI=1S/C22H23FN2O4/c1-15-10-17(14-18(11-15)22(28)29)21(27)25-7-3-6-24(8-9-25)20(26)13-16-4-2-5-19(23)12-16/h2,4-5,10-12,14H,3,6-9,13H2,1H3,(H,28,29). The predicted molar refractivity (Wildman–Crippen MR) is 105 cm³/mol. The van der Waals surface area contributed by atoms with Gasteiger partial charge in [0.1, 0.15) is 5.82 Å². The van der Waals surface area contributed by atoms with Gasteiger partial charge in [-0.1, -0.05) is 12.1 Å². The quantitative estimate of drug-likeness (QED) is 0.859. The van der Waals surface area contributed by atoms with Crippen LogP contribution >= 0.6 is 0 Å². The molecule has 0 aromatic heterocycles. The molecule has 0 radical (unpaired) electrons. The van der Waals surface area contributed by atoms with Crippen LogP contribution < -0.4 is 0 Å². The largest absolute Gasteiger partial charge is 0.478 e. The van der Waals surface area contributed by atoms with Gasteiger partial charge in [0.15, 0.2) is 0 Å². The summed E-state index contributed by atoms with van der Waals surface area (Å²) < 4.78 is 13.3. The summed E-state index contributed by atoms with van der Waals surface area (Å²) in [5.41, 5.74) is 1.74. The smallest absolute Gasteiger partial charge is 0.335 e. The van der Waals surface area contributed by atoms with Gasteiger partial charge in [-0.2, -0.15) is 0 Å². The first-order chi connectivity index (χ1) is 13.8. The van der Waals surface area contributed by atoms with Gasteiger partial charge in [0, 0.05) is 31.7 Å². The Balaban J connectivity index is 1.65. The molecule has 1 N–H and O–H groups in total. The second-order valence-corrected chi connectivity index (χ2v) is 7.23. The third-order valence-corrected chi connectivity index (χ3v) is 4.95. The molecule has 2 amide bonds. The van der Waals surface area contributed by atoms with E-state index in [2.05, 4.69) is 0 Å². The Morgan fingerprint density at radius 1 is 0.966 bits per heavy atom. The molecule has 7 heteroatoms. The molecule has 1 heterocycles. The third kappa shape index (κ3) is 5.19. The van der Waals surface area contributed by atoms with Crippen LogP contribution in [0.15, 0.2) is 42.5 Å². The van der Waals surface area contributed by atoms with Crippen LogP contribution in [0.25, 0.3) is 0 Å². The molecule has 1 aliphatic rings. The van der Waals surface area contributed by atoms with Crippen molar-refractivity contribution in [2.45, 2.75) is 19.8 Å². The Hall–Kier alpha value is -3.22. The number of amides is 2. The van der Waals surface area contributed by atoms with Crippen LogP contribution in [0, 0.1) is 12.7 Å². The van der Waals surface area contributed by atoms with Gasteiger partial charge in [-0.3, -0.25) is 9.59 Å². The Bertz CT molecular complexity index is 944. The van der Waals surface area contributed by atoms with Crippen LogP contribution in [0.4, 0.5) is 4.39 Å². The van der Waals surface area contributed by atoms with E-state index in [-0.39, 0.29) is 29.6 Å². The fourth-order valence-electron chi connectivity index (χ4n) is 3.52. The van der Waals surface area contributed by atoms with Crippen molar-refractivity contribution >= 4 is 17.8 Å². The molecular weight excluding hydrogens is 375 g/mol. The Labute approximate surface area is 168 Å². The first-order valence-corrected chi connectivity index (χ1v) is 9.50. The average Bonchev–Trinajstić information content (AvgIpc) is 2.93. The van der Waals surface area contributed by atoms with E-state index in [1.165, 1.54) is 24.3 Å². The number of carboxylic acids is 1. The molecule has 2 aromatic rings. The molecule has 0 aliphatic carbocycles. The highest BCUT2D eigenvalue weighted by Crippen LogP contribution is 2.15. The number of carbonyl (C=O) groups is 3. The molecule has 2 aromatic carbocycles. The SMILES string of the molecule is Cc1cc(C(=O)O)cc(C(=O)N2CCCN(C(=O)Cc3cccc(F)c3)CC2)c1. The average molecular weight is 398 g/mol. The number of aryl methyl sites for hydroxylation is 1. The minimum Gasteiger partial charge on any atom is -0.478 e. The summed E-state index contributed by atoms with van der Waals surface area (Å²) in [4.78, 5) is 40.0. The third-order valence-electron chi connectivity index (χ3n) is 4.95. The summed E-state index contributed by atoms with van der Waals surface area (Å²) in [5, 5.41) is 9.21. The maximum absolute atomic E-state index is 13.3. The van der Waals surface area contributed by atoms with E-state index in [1.807, 2.05) is 0 Å². The number of benzene rings is 2. The number of carboxylic acid groups (broad SMARTS) is 1. The fraction of sp³-hybridized carbons (Fsp3) is 0.318. The molecule has 1 fully saturated rings. The van der Waals surface area contributed by atoms with E-state index in [0.29, 0.717) is 49.3 Å². The summed E-state index contributed by atoms with van der Waals surface area (Å²) in [6.07, 6.45) is 0.740. The molecule has 1 saturated heterocycles. The normalized spacial score (nSPS) is 14.4. The summed E-state index contributed by atoms with van der Waals surface area (Å²) in [7, 11) is 0. The zero-order valence-corrected chi connectivity index (χ0v) is 16.2. The van der Waals surface area contributed by atoms with Gasteiger partial charge in [0.05, 0.1) is 12.0 Å². The molecular formula is C22H23FN2O4. The molecule has 0 saturated carbocycles. The summed E-state index contributed by atoms with van der Waals surface area (Å²) in [5.74, 6) is -1.79. The van der Waals surface area contributed by atoms with E-state index in [1.54, 1.807) is 34.9 Å². The minimum absolute atomic E-state index is 0.0788. The number of rotatable bonds is 4. The summed E-state index contributed by atoms with van der Waals surface area (Å²) in [6, 6.07) is 10.6. The number of hydrogen-bond donors (Lipinski definition) is 1. The second kappa shape index (κ2) is 8.86. The fourth-order valence-corrected chi connectivity index (χ4v) is 3.52. The minimum atomic E-state index is -1.08. The van der Waals surface area contributed by atoms with Crippen molar-refractivity contribution in [1.29, 1.82) is 0 Å². The lowest BCUT2D eigenvalue weighted by Crippen LogP contribution is -2.38. The van der Waals surface area contributed by atoms with Gasteiger partial charge in [-0.15, -0.1) is 0 Å². The van der Waals surface area contributed by atoms with Crippen LogP contribution in [0.2, 0.25) is 0 Å². The van der Waals surface area contributed by atoms with Crippen molar-refractivity contribution in [1.82, 2.24) is 9.80 Å². The van der Waals surface area contributed by atoms with Crippen LogP contribution in [0.1, 0.15) is 38.3 Å². The molecule has 0 unspecified atom stereocenters. The summed E-state index contributed by atoms with van der Waals surface area (Å²) in [6.45, 7) is 3.51. The van der Waals surface area contributed by atoms with Crippen molar-refractivity contribution < 1.29 is 23.9 Å². The lowest BCUT2D eigenvalue weighted by atomic mass is 10.1. The van der Waals surface area contributed by atoms with Crippen LogP contribution in [-0.2, 0) is 11.2 Å². The van der Waals surface area contributed by atoms with Crippen LogP contribution in [-0.4, -0.2) is 58.9 Å². The zero-order valence-electron chi connectivity index (χ0n) is 16.2. The molecule has 3 rings (SSSR count).